The smallest absolute Gasteiger partial charge is 0.301 e. The van der Waals surface area contributed by atoms with Gasteiger partial charge in [0, 0.05) is 5.56 Å². The lowest BCUT2D eigenvalue weighted by atomic mass is 9.95. The maximum absolute atomic E-state index is 13.9. The number of phenolic OH excluding ortho intramolecular Hbond substituents is 1. The zero-order valence-electron chi connectivity index (χ0n) is 20.1. The van der Waals surface area contributed by atoms with Crippen LogP contribution in [0.2, 0.25) is 0 Å². The third kappa shape index (κ3) is 4.16. The highest BCUT2D eigenvalue weighted by Crippen LogP contribution is 2.47. The van der Waals surface area contributed by atoms with E-state index in [4.69, 9.17) is 14.2 Å². The Hall–Kier alpha value is -4.16. The molecular weight excluding hydrogens is 595 g/mol. The Balaban J connectivity index is 1.58. The SMILES string of the molecule is COc1cc(C2C(=C(O)c3ccc4c(c3)OCCO4)C(=O)C(=O)N2c2nc3ccc(F)cc3s2)cc(Br)c1O. The van der Waals surface area contributed by atoms with Gasteiger partial charge in [0.15, 0.2) is 28.1 Å². The minimum absolute atomic E-state index is 0.0793. The van der Waals surface area contributed by atoms with Crippen LogP contribution in [0.4, 0.5) is 9.52 Å². The van der Waals surface area contributed by atoms with Gasteiger partial charge >= 0.3 is 5.91 Å². The first kappa shape index (κ1) is 25.1. The molecule has 3 aromatic carbocycles. The molecule has 1 amide bonds. The van der Waals surface area contributed by atoms with Crippen molar-refractivity contribution >= 4 is 60.1 Å². The number of amides is 1. The Kier molecular flexibility index (Phi) is 6.15. The number of halogens is 2. The summed E-state index contributed by atoms with van der Waals surface area (Å²) in [7, 11) is 1.36. The maximum atomic E-state index is 13.9. The molecule has 6 rings (SSSR count). The van der Waals surface area contributed by atoms with Crippen molar-refractivity contribution in [3.63, 3.8) is 0 Å². The summed E-state index contributed by atoms with van der Waals surface area (Å²) in [4.78, 5) is 32.7. The van der Waals surface area contributed by atoms with Crippen LogP contribution in [0.5, 0.6) is 23.0 Å². The molecule has 0 aliphatic carbocycles. The van der Waals surface area contributed by atoms with E-state index in [-0.39, 0.29) is 32.2 Å². The van der Waals surface area contributed by atoms with E-state index in [1.54, 1.807) is 12.1 Å². The highest BCUT2D eigenvalue weighted by atomic mass is 79.9. The van der Waals surface area contributed by atoms with E-state index >= 15 is 0 Å². The van der Waals surface area contributed by atoms with Gasteiger partial charge in [0.2, 0.25) is 0 Å². The summed E-state index contributed by atoms with van der Waals surface area (Å²) < 4.78 is 31.1. The van der Waals surface area contributed by atoms with Gasteiger partial charge in [-0.05, 0) is 70.0 Å². The van der Waals surface area contributed by atoms with Gasteiger partial charge in [-0.3, -0.25) is 14.5 Å². The highest BCUT2D eigenvalue weighted by Gasteiger charge is 2.48. The molecule has 0 spiro atoms. The summed E-state index contributed by atoms with van der Waals surface area (Å²) in [5.74, 6) is -2.00. The van der Waals surface area contributed by atoms with Crippen molar-refractivity contribution in [1.82, 2.24) is 4.98 Å². The number of hydrogen-bond acceptors (Lipinski definition) is 9. The first-order chi connectivity index (χ1) is 18.8. The molecule has 39 heavy (non-hydrogen) atoms. The molecule has 0 bridgehead atoms. The number of aromatic nitrogens is 1. The average molecular weight is 613 g/mol. The third-order valence-corrected chi connectivity index (χ3v) is 8.01. The first-order valence-corrected chi connectivity index (χ1v) is 13.2. The van der Waals surface area contributed by atoms with Crippen molar-refractivity contribution in [2.75, 3.05) is 25.2 Å². The van der Waals surface area contributed by atoms with Crippen LogP contribution in [0.15, 0.2) is 58.6 Å². The molecule has 198 valence electrons. The molecule has 12 heteroatoms. The van der Waals surface area contributed by atoms with Crippen molar-refractivity contribution in [3.05, 3.63) is 75.5 Å². The molecule has 0 radical (unpaired) electrons. The number of ketones is 1. The van der Waals surface area contributed by atoms with Crippen LogP contribution in [0, 0.1) is 5.82 Å². The molecule has 1 saturated heterocycles. The largest absolute Gasteiger partial charge is 0.507 e. The van der Waals surface area contributed by atoms with Crippen LogP contribution in [0.1, 0.15) is 17.2 Å². The predicted molar refractivity (Wildman–Crippen MR) is 144 cm³/mol. The second-order valence-corrected chi connectivity index (χ2v) is 10.6. The zero-order valence-corrected chi connectivity index (χ0v) is 22.5. The van der Waals surface area contributed by atoms with Gasteiger partial charge in [0.1, 0.15) is 24.8 Å². The van der Waals surface area contributed by atoms with E-state index < -0.39 is 29.3 Å². The Labute approximate surface area is 232 Å². The zero-order chi connectivity index (χ0) is 27.4. The Morgan fingerprint density at radius 3 is 2.67 bits per heavy atom. The number of nitrogens with zero attached hydrogens (tertiary/aromatic N) is 2. The van der Waals surface area contributed by atoms with Crippen LogP contribution in [0.25, 0.3) is 16.0 Å². The lowest BCUT2D eigenvalue weighted by Gasteiger charge is -2.24. The van der Waals surface area contributed by atoms with E-state index in [0.29, 0.717) is 40.5 Å². The number of fused-ring (bicyclic) bond motifs is 2. The van der Waals surface area contributed by atoms with Gasteiger partial charge in [0.25, 0.3) is 5.78 Å². The maximum Gasteiger partial charge on any atom is 0.301 e. The van der Waals surface area contributed by atoms with Crippen molar-refractivity contribution in [2.45, 2.75) is 6.04 Å². The number of hydrogen-bond donors (Lipinski definition) is 2. The Morgan fingerprint density at radius 1 is 1.13 bits per heavy atom. The molecule has 3 heterocycles. The third-order valence-electron chi connectivity index (χ3n) is 6.39. The minimum atomic E-state index is -1.16. The summed E-state index contributed by atoms with van der Waals surface area (Å²) in [5.41, 5.74) is 0.814. The van der Waals surface area contributed by atoms with E-state index in [9.17, 15) is 24.2 Å². The molecule has 2 N–H and O–H groups in total. The monoisotopic (exact) mass is 612 g/mol. The summed E-state index contributed by atoms with van der Waals surface area (Å²) in [6.45, 7) is 0.703. The van der Waals surface area contributed by atoms with Crippen molar-refractivity contribution in [1.29, 1.82) is 0 Å². The summed E-state index contributed by atoms with van der Waals surface area (Å²) in [5, 5.41) is 22.0. The number of Topliss-reactive ketones (excluding diaryl/α,β-unsaturated/α-hetero) is 1. The molecule has 2 aliphatic heterocycles. The van der Waals surface area contributed by atoms with Gasteiger partial charge in [-0.1, -0.05) is 11.3 Å². The molecule has 2 aliphatic rings. The molecule has 0 saturated carbocycles. The summed E-state index contributed by atoms with van der Waals surface area (Å²) >= 11 is 4.32. The van der Waals surface area contributed by atoms with Crippen molar-refractivity contribution in [2.24, 2.45) is 0 Å². The quantitative estimate of drug-likeness (QED) is 0.181. The topological polar surface area (TPSA) is 118 Å². The predicted octanol–water partition coefficient (Wildman–Crippen LogP) is 5.31. The number of benzene rings is 3. The highest BCUT2D eigenvalue weighted by molar-refractivity contribution is 9.10. The van der Waals surface area contributed by atoms with Crippen LogP contribution in [-0.2, 0) is 9.59 Å². The molecule has 1 aromatic heterocycles. The molecule has 9 nitrogen and oxygen atoms in total. The van der Waals surface area contributed by atoms with Crippen molar-refractivity contribution in [3.8, 4) is 23.0 Å². The van der Waals surface area contributed by atoms with Crippen LogP contribution in [-0.4, -0.2) is 47.2 Å². The Bertz CT molecular complexity index is 1720. The fourth-order valence-electron chi connectivity index (χ4n) is 4.59. The number of thiazole rings is 1. The van der Waals surface area contributed by atoms with Gasteiger partial charge < -0.3 is 24.4 Å². The first-order valence-electron chi connectivity index (χ1n) is 11.6. The second-order valence-electron chi connectivity index (χ2n) is 8.69. The molecule has 4 aromatic rings. The number of aromatic hydroxyl groups is 1. The lowest BCUT2D eigenvalue weighted by Crippen LogP contribution is -2.29. The molecule has 1 unspecified atom stereocenters. The van der Waals surface area contributed by atoms with Crippen molar-refractivity contribution < 1.29 is 38.4 Å². The van der Waals surface area contributed by atoms with Gasteiger partial charge in [-0.2, -0.15) is 0 Å². The summed E-state index contributed by atoms with van der Waals surface area (Å²) in [6.07, 6.45) is 0. The fraction of sp³-hybridized carbons (Fsp3) is 0.148. The number of carbonyl (C=O) groups excluding carboxylic acids is 2. The average Bonchev–Trinajstić information content (AvgIpc) is 3.46. The molecular formula is C27H18BrFN2O7S. The minimum Gasteiger partial charge on any atom is -0.507 e. The number of ether oxygens (including phenoxy) is 3. The standard InChI is InChI=1S/C27H18BrFN2O7S/c1-36-19-10-13(8-15(28)24(19)33)22-21(23(32)12-2-5-17-18(9-12)38-7-6-37-17)25(34)26(35)31(22)27-30-16-4-3-14(29)11-20(16)39-27/h2-5,8-11,22,32-33H,6-7H2,1H3. The number of anilines is 1. The number of aliphatic hydroxyl groups excluding tert-OH is 1. The van der Waals surface area contributed by atoms with Crippen LogP contribution >= 0.6 is 27.3 Å². The van der Waals surface area contributed by atoms with E-state index in [0.717, 1.165) is 16.2 Å². The number of methoxy groups -OCH3 is 1. The summed E-state index contributed by atoms with van der Waals surface area (Å²) in [6, 6.07) is 10.5. The second kappa shape index (κ2) is 9.54. The fourth-order valence-corrected chi connectivity index (χ4v) is 6.06. The normalized spacial score (nSPS) is 18.1. The Morgan fingerprint density at radius 2 is 1.90 bits per heavy atom. The van der Waals surface area contributed by atoms with Gasteiger partial charge in [0.05, 0.1) is 33.4 Å². The van der Waals surface area contributed by atoms with Crippen LogP contribution in [0.3, 0.4) is 0 Å². The number of rotatable bonds is 4. The molecule has 1 fully saturated rings. The number of phenols is 1. The lowest BCUT2D eigenvalue weighted by molar-refractivity contribution is -0.132. The number of carbonyl (C=O) groups is 2. The number of aliphatic hydroxyl groups is 1. The van der Waals surface area contributed by atoms with E-state index in [1.165, 1.54) is 43.5 Å². The molecule has 1 atom stereocenters. The van der Waals surface area contributed by atoms with Crippen LogP contribution < -0.4 is 19.1 Å². The van der Waals surface area contributed by atoms with E-state index in [2.05, 4.69) is 20.9 Å². The van der Waals surface area contributed by atoms with Gasteiger partial charge in [-0.15, -0.1) is 0 Å². The van der Waals surface area contributed by atoms with E-state index in [1.807, 2.05) is 0 Å². The van der Waals surface area contributed by atoms with Gasteiger partial charge in [-0.25, -0.2) is 9.37 Å².